The zero-order chi connectivity index (χ0) is 19.8. The number of carbonyl (C=O) groups excluding carboxylic acids is 2. The van der Waals surface area contributed by atoms with Crippen LogP contribution in [0.25, 0.3) is 0 Å². The number of likely N-dealkylation sites (N-methyl/N-ethyl adjacent to an activating group) is 1. The molecule has 0 saturated heterocycles. The first-order valence-corrected chi connectivity index (χ1v) is 10.5. The van der Waals surface area contributed by atoms with E-state index in [0.717, 1.165) is 5.56 Å². The van der Waals surface area contributed by atoms with Crippen LogP contribution < -0.4 is 5.32 Å². The number of nitrogens with zero attached hydrogens (tertiary/aromatic N) is 1. The van der Waals surface area contributed by atoms with Crippen molar-refractivity contribution in [1.82, 2.24) is 4.90 Å². The Kier molecular flexibility index (Phi) is 8.77. The van der Waals surface area contributed by atoms with Gasteiger partial charge in [0.05, 0.1) is 28.0 Å². The van der Waals surface area contributed by atoms with E-state index < -0.39 is 0 Å². The van der Waals surface area contributed by atoms with Crippen molar-refractivity contribution < 1.29 is 9.59 Å². The minimum Gasteiger partial charge on any atom is -0.333 e. The maximum absolute atomic E-state index is 12.4. The smallest absolute Gasteiger partial charge is 0.244 e. The Morgan fingerprint density at radius 2 is 1.67 bits per heavy atom. The third-order valence-corrected chi connectivity index (χ3v) is 5.57. The fraction of sp³-hybridized carbons (Fsp3) is 0.263. The van der Waals surface area contributed by atoms with Gasteiger partial charge >= 0.3 is 0 Å². The lowest BCUT2D eigenvalue weighted by molar-refractivity contribution is -0.132. The molecule has 0 aliphatic carbocycles. The normalized spacial score (nSPS) is 10.5. The zero-order valence-electron chi connectivity index (χ0n) is 14.7. The van der Waals surface area contributed by atoms with Gasteiger partial charge in [-0.05, 0) is 36.8 Å². The predicted molar refractivity (Wildman–Crippen MR) is 115 cm³/mol. The summed E-state index contributed by atoms with van der Waals surface area (Å²) in [7, 11) is 0. The van der Waals surface area contributed by atoms with E-state index >= 15 is 0 Å². The molecule has 0 aliphatic rings. The van der Waals surface area contributed by atoms with Crippen LogP contribution in [-0.2, 0) is 15.3 Å². The molecular formula is C19H19Cl3N2O2S. The summed E-state index contributed by atoms with van der Waals surface area (Å²) in [6, 6.07) is 12.5. The van der Waals surface area contributed by atoms with Gasteiger partial charge in [-0.1, -0.05) is 53.0 Å². The number of nitrogens with one attached hydrogen (secondary N) is 1. The first kappa shape index (κ1) is 21.9. The number of para-hydroxylation sites is 1. The van der Waals surface area contributed by atoms with Gasteiger partial charge in [0.25, 0.3) is 0 Å². The standard InChI is InChI=1S/C19H19Cl3N2O2S/c1-2-24(10-17(25)23-19-15(21)4-3-5-16(19)22)18(26)12-27-11-13-6-8-14(20)9-7-13/h3-9H,2,10-12H2,1H3,(H,23,25). The number of rotatable bonds is 8. The summed E-state index contributed by atoms with van der Waals surface area (Å²) in [6.07, 6.45) is 0. The fourth-order valence-electron chi connectivity index (χ4n) is 2.27. The maximum Gasteiger partial charge on any atom is 0.244 e. The molecular weight excluding hydrogens is 427 g/mol. The molecule has 0 bridgehead atoms. The van der Waals surface area contributed by atoms with Gasteiger partial charge in [-0.2, -0.15) is 0 Å². The van der Waals surface area contributed by atoms with Gasteiger partial charge in [0.15, 0.2) is 0 Å². The van der Waals surface area contributed by atoms with E-state index in [4.69, 9.17) is 34.8 Å². The van der Waals surface area contributed by atoms with Crippen LogP contribution in [-0.4, -0.2) is 35.6 Å². The molecule has 0 saturated carbocycles. The molecule has 0 aromatic heterocycles. The van der Waals surface area contributed by atoms with E-state index in [1.807, 2.05) is 31.2 Å². The number of thioether (sulfide) groups is 1. The molecule has 0 aliphatic heterocycles. The SMILES string of the molecule is CCN(CC(=O)Nc1c(Cl)cccc1Cl)C(=O)CSCc1ccc(Cl)cc1. The van der Waals surface area contributed by atoms with Gasteiger partial charge in [0.2, 0.25) is 11.8 Å². The van der Waals surface area contributed by atoms with Crippen LogP contribution in [0.2, 0.25) is 15.1 Å². The van der Waals surface area contributed by atoms with Gasteiger partial charge in [-0.25, -0.2) is 0 Å². The van der Waals surface area contributed by atoms with E-state index in [1.165, 1.54) is 16.7 Å². The minimum absolute atomic E-state index is 0.0572. The van der Waals surface area contributed by atoms with Crippen LogP contribution in [0.4, 0.5) is 5.69 Å². The number of halogens is 3. The van der Waals surface area contributed by atoms with E-state index in [0.29, 0.717) is 33.1 Å². The Labute approximate surface area is 178 Å². The Bertz CT molecular complexity index is 780. The van der Waals surface area contributed by atoms with Crippen molar-refractivity contribution >= 4 is 64.1 Å². The molecule has 0 atom stereocenters. The summed E-state index contributed by atoms with van der Waals surface area (Å²) < 4.78 is 0. The summed E-state index contributed by atoms with van der Waals surface area (Å²) in [6.45, 7) is 2.21. The average Bonchev–Trinajstić information content (AvgIpc) is 2.64. The van der Waals surface area contributed by atoms with Gasteiger partial charge in [-0.3, -0.25) is 9.59 Å². The molecule has 1 N–H and O–H groups in total. The van der Waals surface area contributed by atoms with Gasteiger partial charge in [0.1, 0.15) is 0 Å². The second-order valence-corrected chi connectivity index (χ2v) is 7.91. The summed E-state index contributed by atoms with van der Waals surface area (Å²) >= 11 is 19.5. The van der Waals surface area contributed by atoms with Crippen molar-refractivity contribution in [3.63, 3.8) is 0 Å². The lowest BCUT2D eigenvalue weighted by Gasteiger charge is -2.20. The molecule has 2 rings (SSSR count). The molecule has 144 valence electrons. The second-order valence-electron chi connectivity index (χ2n) is 5.67. The lowest BCUT2D eigenvalue weighted by atomic mass is 10.2. The molecule has 0 heterocycles. The van der Waals surface area contributed by atoms with Crippen molar-refractivity contribution in [2.24, 2.45) is 0 Å². The van der Waals surface area contributed by atoms with Crippen LogP contribution in [0.15, 0.2) is 42.5 Å². The van der Waals surface area contributed by atoms with Gasteiger partial charge in [-0.15, -0.1) is 11.8 Å². The topological polar surface area (TPSA) is 49.4 Å². The summed E-state index contributed by atoms with van der Waals surface area (Å²) in [5, 5.41) is 4.05. The third kappa shape index (κ3) is 6.92. The molecule has 4 nitrogen and oxygen atoms in total. The molecule has 0 radical (unpaired) electrons. The summed E-state index contributed by atoms with van der Waals surface area (Å²) in [4.78, 5) is 26.2. The first-order valence-electron chi connectivity index (χ1n) is 8.24. The van der Waals surface area contributed by atoms with Crippen LogP contribution in [0.1, 0.15) is 12.5 Å². The van der Waals surface area contributed by atoms with Crippen LogP contribution in [0, 0.1) is 0 Å². The highest BCUT2D eigenvalue weighted by Gasteiger charge is 2.17. The zero-order valence-corrected chi connectivity index (χ0v) is 17.8. The summed E-state index contributed by atoms with van der Waals surface area (Å²) in [5.41, 5.74) is 1.44. The van der Waals surface area contributed by atoms with E-state index in [1.54, 1.807) is 18.2 Å². The maximum atomic E-state index is 12.4. The molecule has 0 unspecified atom stereocenters. The van der Waals surface area contributed by atoms with Crippen molar-refractivity contribution in [3.8, 4) is 0 Å². The van der Waals surface area contributed by atoms with Crippen molar-refractivity contribution in [1.29, 1.82) is 0 Å². The summed E-state index contributed by atoms with van der Waals surface area (Å²) in [5.74, 6) is 0.540. The van der Waals surface area contributed by atoms with E-state index in [2.05, 4.69) is 5.32 Å². The average molecular weight is 446 g/mol. The van der Waals surface area contributed by atoms with E-state index in [9.17, 15) is 9.59 Å². The number of hydrogen-bond donors (Lipinski definition) is 1. The first-order chi connectivity index (χ1) is 12.9. The number of benzene rings is 2. The Morgan fingerprint density at radius 1 is 1.04 bits per heavy atom. The number of hydrogen-bond acceptors (Lipinski definition) is 3. The highest BCUT2D eigenvalue weighted by atomic mass is 35.5. The predicted octanol–water partition coefficient (Wildman–Crippen LogP) is 5.37. The molecule has 0 spiro atoms. The Hall–Kier alpha value is -1.40. The molecule has 27 heavy (non-hydrogen) atoms. The van der Waals surface area contributed by atoms with E-state index in [-0.39, 0.29) is 24.1 Å². The fourth-order valence-corrected chi connectivity index (χ4v) is 3.78. The van der Waals surface area contributed by atoms with Crippen molar-refractivity contribution in [2.45, 2.75) is 12.7 Å². The number of carbonyl (C=O) groups is 2. The van der Waals surface area contributed by atoms with Crippen LogP contribution >= 0.6 is 46.6 Å². The number of anilines is 1. The molecule has 2 aromatic rings. The van der Waals surface area contributed by atoms with Gasteiger partial charge in [0, 0.05) is 17.3 Å². The van der Waals surface area contributed by atoms with Gasteiger partial charge < -0.3 is 10.2 Å². The third-order valence-electron chi connectivity index (χ3n) is 3.70. The minimum atomic E-state index is -0.345. The Balaban J connectivity index is 1.85. The van der Waals surface area contributed by atoms with Crippen LogP contribution in [0.3, 0.4) is 0 Å². The second kappa shape index (κ2) is 10.8. The molecule has 2 amide bonds. The quantitative estimate of drug-likeness (QED) is 0.594. The van der Waals surface area contributed by atoms with Crippen LogP contribution in [0.5, 0.6) is 0 Å². The van der Waals surface area contributed by atoms with Crippen molar-refractivity contribution in [2.75, 3.05) is 24.2 Å². The monoisotopic (exact) mass is 444 g/mol. The Morgan fingerprint density at radius 3 is 2.26 bits per heavy atom. The largest absolute Gasteiger partial charge is 0.333 e. The number of amides is 2. The molecule has 0 fully saturated rings. The molecule has 2 aromatic carbocycles. The lowest BCUT2D eigenvalue weighted by Crippen LogP contribution is -2.38. The van der Waals surface area contributed by atoms with Crippen molar-refractivity contribution in [3.05, 3.63) is 63.1 Å². The highest BCUT2D eigenvalue weighted by Crippen LogP contribution is 2.29. The molecule has 8 heteroatoms. The highest BCUT2D eigenvalue weighted by molar-refractivity contribution is 7.99.